The Morgan fingerprint density at radius 2 is 1.46 bits per heavy atom. The monoisotopic (exact) mass is 344 g/mol. The van der Waals surface area contributed by atoms with Gasteiger partial charge in [-0.25, -0.2) is 0 Å². The molecule has 0 fully saturated rings. The zero-order chi connectivity index (χ0) is 17.7. The number of nitrogens with zero attached hydrogens (tertiary/aromatic N) is 2. The van der Waals surface area contributed by atoms with E-state index in [0.29, 0.717) is 11.1 Å². The zero-order valence-electron chi connectivity index (χ0n) is 12.3. The SMILES string of the molecule is O=S(=O)(O)c1ccccc1.[N-]=[N+]=C1CC(=O)c2ccccc2C1=O. The average Bonchev–Trinajstić information content (AvgIpc) is 2.59. The van der Waals surface area contributed by atoms with E-state index in [2.05, 4.69) is 4.79 Å². The lowest BCUT2D eigenvalue weighted by Gasteiger charge is -2.08. The Bertz CT molecular complexity index is 945. The minimum atomic E-state index is -4.00. The molecule has 1 aliphatic rings. The van der Waals surface area contributed by atoms with Crippen molar-refractivity contribution in [1.82, 2.24) is 0 Å². The lowest BCUT2D eigenvalue weighted by Crippen LogP contribution is -2.27. The number of fused-ring (bicyclic) bond motifs is 1. The molecule has 2 aromatic carbocycles. The van der Waals surface area contributed by atoms with Gasteiger partial charge in [-0.2, -0.15) is 13.2 Å². The molecule has 0 unspecified atom stereocenters. The van der Waals surface area contributed by atoms with Crippen molar-refractivity contribution in [2.45, 2.75) is 11.3 Å². The van der Waals surface area contributed by atoms with Crippen LogP contribution in [0.15, 0.2) is 59.5 Å². The number of ketones is 2. The van der Waals surface area contributed by atoms with E-state index < -0.39 is 10.1 Å². The molecule has 8 heteroatoms. The van der Waals surface area contributed by atoms with E-state index in [-0.39, 0.29) is 28.6 Å². The summed E-state index contributed by atoms with van der Waals surface area (Å²) in [5.41, 5.74) is 9.15. The molecule has 1 N–H and O–H groups in total. The van der Waals surface area contributed by atoms with Gasteiger partial charge in [-0.1, -0.05) is 42.5 Å². The van der Waals surface area contributed by atoms with Crippen LogP contribution in [0, 0.1) is 0 Å². The number of carbonyl (C=O) groups excluding carboxylic acids is 2. The van der Waals surface area contributed by atoms with Crippen molar-refractivity contribution in [3.63, 3.8) is 0 Å². The fourth-order valence-corrected chi connectivity index (χ4v) is 2.58. The van der Waals surface area contributed by atoms with Crippen LogP contribution in [0.25, 0.3) is 5.53 Å². The van der Waals surface area contributed by atoms with Crippen molar-refractivity contribution in [2.24, 2.45) is 0 Å². The summed E-state index contributed by atoms with van der Waals surface area (Å²) in [6, 6.07) is 13.9. The van der Waals surface area contributed by atoms with Crippen molar-refractivity contribution in [2.75, 3.05) is 0 Å². The summed E-state index contributed by atoms with van der Waals surface area (Å²) >= 11 is 0. The van der Waals surface area contributed by atoms with Gasteiger partial charge in [0.1, 0.15) is 6.42 Å². The predicted molar refractivity (Wildman–Crippen MR) is 84.6 cm³/mol. The Balaban J connectivity index is 0.000000185. The Labute approximate surface area is 137 Å². The third-order valence-electron chi connectivity index (χ3n) is 3.22. The van der Waals surface area contributed by atoms with Crippen molar-refractivity contribution in [3.05, 3.63) is 71.3 Å². The number of Topliss-reactive ketones (excluding diaryl/α,β-unsaturated/α-hetero) is 2. The number of benzene rings is 2. The summed E-state index contributed by atoms with van der Waals surface area (Å²) in [4.78, 5) is 25.8. The third kappa shape index (κ3) is 3.88. The Morgan fingerprint density at radius 1 is 0.917 bits per heavy atom. The lowest BCUT2D eigenvalue weighted by atomic mass is 9.88. The smallest absolute Gasteiger partial charge is 0.347 e. The van der Waals surface area contributed by atoms with Crippen LogP contribution in [-0.4, -0.2) is 35.0 Å². The molecule has 0 saturated carbocycles. The van der Waals surface area contributed by atoms with E-state index in [4.69, 9.17) is 10.1 Å². The fourth-order valence-electron chi connectivity index (χ4n) is 2.08. The summed E-state index contributed by atoms with van der Waals surface area (Å²) in [6.45, 7) is 0. The molecule has 0 saturated heterocycles. The molecule has 0 aliphatic heterocycles. The molecular formula is C16H12N2O5S. The molecule has 122 valence electrons. The van der Waals surface area contributed by atoms with Crippen LogP contribution in [0.4, 0.5) is 0 Å². The van der Waals surface area contributed by atoms with Crippen molar-refractivity contribution < 1.29 is 27.3 Å². The Kier molecular flexibility index (Phi) is 5.15. The Hall–Kier alpha value is -2.93. The first-order valence-corrected chi connectivity index (χ1v) is 8.19. The van der Waals surface area contributed by atoms with Gasteiger partial charge in [0, 0.05) is 11.1 Å². The minimum absolute atomic E-state index is 0.0741. The highest BCUT2D eigenvalue weighted by Gasteiger charge is 2.34. The maximum Gasteiger partial charge on any atom is 0.347 e. The van der Waals surface area contributed by atoms with Crippen LogP contribution < -0.4 is 0 Å². The number of carbonyl (C=O) groups is 2. The van der Waals surface area contributed by atoms with E-state index in [1.54, 1.807) is 42.5 Å². The van der Waals surface area contributed by atoms with Crippen LogP contribution >= 0.6 is 0 Å². The highest BCUT2D eigenvalue weighted by Crippen LogP contribution is 2.18. The van der Waals surface area contributed by atoms with Crippen LogP contribution in [0.2, 0.25) is 0 Å². The quantitative estimate of drug-likeness (QED) is 0.481. The molecule has 3 rings (SSSR count). The second kappa shape index (κ2) is 7.10. The summed E-state index contributed by atoms with van der Waals surface area (Å²) < 4.78 is 29.2. The standard InChI is InChI=1S/C10H6N2O2.C6H6O3S/c11-12-8-5-9(13)6-3-1-2-4-7(6)10(8)14;7-10(8,9)6-4-2-1-3-5-6/h1-4H,5H2;1-5H,(H,7,8,9). The summed E-state index contributed by atoms with van der Waals surface area (Å²) in [5, 5.41) is 0. The van der Waals surface area contributed by atoms with Crippen LogP contribution in [0.3, 0.4) is 0 Å². The normalized spacial score (nSPS) is 13.5. The van der Waals surface area contributed by atoms with Gasteiger partial charge in [0.25, 0.3) is 15.9 Å². The van der Waals surface area contributed by atoms with Crippen LogP contribution in [0.5, 0.6) is 0 Å². The molecule has 0 aromatic heterocycles. The second-order valence-electron chi connectivity index (χ2n) is 4.81. The lowest BCUT2D eigenvalue weighted by molar-refractivity contribution is -0.00890. The van der Waals surface area contributed by atoms with E-state index in [1.165, 1.54) is 12.1 Å². The Morgan fingerprint density at radius 3 is 1.96 bits per heavy atom. The zero-order valence-corrected chi connectivity index (χ0v) is 13.1. The number of hydrogen-bond acceptors (Lipinski definition) is 4. The number of hydrogen-bond donors (Lipinski definition) is 1. The summed E-state index contributed by atoms with van der Waals surface area (Å²) in [7, 11) is -4.00. The molecule has 0 heterocycles. The average molecular weight is 344 g/mol. The van der Waals surface area contributed by atoms with Gasteiger partial charge in [-0.05, 0) is 12.1 Å². The summed E-state index contributed by atoms with van der Waals surface area (Å²) in [6.07, 6.45) is -0.119. The minimum Gasteiger partial charge on any atom is -0.361 e. The van der Waals surface area contributed by atoms with Crippen molar-refractivity contribution in [3.8, 4) is 0 Å². The molecule has 0 bridgehead atoms. The number of rotatable bonds is 1. The van der Waals surface area contributed by atoms with E-state index in [0.717, 1.165) is 0 Å². The van der Waals surface area contributed by atoms with Gasteiger partial charge in [-0.15, -0.1) is 0 Å². The first kappa shape index (κ1) is 17.4. The molecule has 0 radical (unpaired) electrons. The third-order valence-corrected chi connectivity index (χ3v) is 4.09. The fraction of sp³-hybridized carbons (Fsp3) is 0.0625. The summed E-state index contributed by atoms with van der Waals surface area (Å²) in [5.74, 6) is -0.560. The van der Waals surface area contributed by atoms with E-state index in [1.807, 2.05) is 0 Å². The van der Waals surface area contributed by atoms with E-state index in [9.17, 15) is 18.0 Å². The molecule has 2 aromatic rings. The maximum absolute atomic E-state index is 11.6. The van der Waals surface area contributed by atoms with Gasteiger partial charge in [-0.3, -0.25) is 14.1 Å². The highest BCUT2D eigenvalue weighted by molar-refractivity contribution is 7.85. The molecule has 1 aliphatic carbocycles. The van der Waals surface area contributed by atoms with Gasteiger partial charge < -0.3 is 5.53 Å². The van der Waals surface area contributed by atoms with Crippen molar-refractivity contribution >= 4 is 27.4 Å². The van der Waals surface area contributed by atoms with Crippen LogP contribution in [0.1, 0.15) is 27.1 Å². The molecule has 24 heavy (non-hydrogen) atoms. The predicted octanol–water partition coefficient (Wildman–Crippen LogP) is 2.06. The van der Waals surface area contributed by atoms with Crippen LogP contribution in [-0.2, 0) is 10.1 Å². The topological polar surface area (TPSA) is 125 Å². The van der Waals surface area contributed by atoms with Gasteiger partial charge in [0.15, 0.2) is 5.78 Å². The van der Waals surface area contributed by atoms with E-state index >= 15 is 0 Å². The maximum atomic E-state index is 11.6. The second-order valence-corrected chi connectivity index (χ2v) is 6.23. The largest absolute Gasteiger partial charge is 0.361 e. The van der Waals surface area contributed by atoms with Gasteiger partial charge in [0.2, 0.25) is 0 Å². The molecule has 7 nitrogen and oxygen atoms in total. The molecule has 0 spiro atoms. The van der Waals surface area contributed by atoms with Gasteiger partial charge in [0.05, 0.1) is 4.90 Å². The molecular weight excluding hydrogens is 332 g/mol. The molecule has 0 amide bonds. The first-order chi connectivity index (χ1) is 11.3. The first-order valence-electron chi connectivity index (χ1n) is 6.75. The molecule has 0 atom stereocenters. The van der Waals surface area contributed by atoms with Gasteiger partial charge >= 0.3 is 5.71 Å². The van der Waals surface area contributed by atoms with Crippen molar-refractivity contribution in [1.29, 1.82) is 0 Å². The highest BCUT2D eigenvalue weighted by atomic mass is 32.2.